The Balaban J connectivity index is 1.67. The molecule has 1 amide bonds. The van der Waals surface area contributed by atoms with Crippen LogP contribution in [0, 0.1) is 0 Å². The molecule has 4 heteroatoms. The summed E-state index contributed by atoms with van der Waals surface area (Å²) in [7, 11) is 0. The van der Waals surface area contributed by atoms with Gasteiger partial charge in [0.15, 0.2) is 0 Å². The Morgan fingerprint density at radius 1 is 0.938 bits per heavy atom. The van der Waals surface area contributed by atoms with Gasteiger partial charge in [-0.1, -0.05) is 67.6 Å². The maximum Gasteiger partial charge on any atom is 0.225 e. The van der Waals surface area contributed by atoms with Crippen molar-refractivity contribution in [3.05, 3.63) is 95.6 Å². The van der Waals surface area contributed by atoms with Gasteiger partial charge in [-0.15, -0.1) is 0 Å². The Kier molecular flexibility index (Phi) is 7.10. The van der Waals surface area contributed by atoms with Crippen molar-refractivity contribution in [2.24, 2.45) is 5.73 Å². The molecule has 1 heterocycles. The molecule has 1 saturated heterocycles. The summed E-state index contributed by atoms with van der Waals surface area (Å²) < 4.78 is 6.14. The van der Waals surface area contributed by atoms with Crippen LogP contribution in [-0.4, -0.2) is 19.0 Å². The van der Waals surface area contributed by atoms with Crippen LogP contribution in [0.15, 0.2) is 78.9 Å². The van der Waals surface area contributed by atoms with Crippen molar-refractivity contribution in [1.82, 2.24) is 0 Å². The van der Waals surface area contributed by atoms with E-state index in [0.717, 1.165) is 35.5 Å². The van der Waals surface area contributed by atoms with Crippen LogP contribution >= 0.6 is 0 Å². The van der Waals surface area contributed by atoms with E-state index in [1.165, 1.54) is 24.9 Å². The largest absolute Gasteiger partial charge is 0.489 e. The van der Waals surface area contributed by atoms with Crippen LogP contribution in [0.25, 0.3) is 0 Å². The molecule has 2 N–H and O–H groups in total. The Morgan fingerprint density at radius 2 is 1.59 bits per heavy atom. The number of primary amides is 1. The molecule has 2 unspecified atom stereocenters. The summed E-state index contributed by atoms with van der Waals surface area (Å²) in [5, 5.41) is 0. The van der Waals surface area contributed by atoms with Crippen molar-refractivity contribution < 1.29 is 9.53 Å². The number of anilines is 1. The van der Waals surface area contributed by atoms with Gasteiger partial charge in [-0.2, -0.15) is 0 Å². The summed E-state index contributed by atoms with van der Waals surface area (Å²) in [5.41, 5.74) is 10.3. The van der Waals surface area contributed by atoms with Gasteiger partial charge in [0.25, 0.3) is 0 Å². The lowest BCUT2D eigenvalue weighted by Gasteiger charge is -2.33. The third-order valence-corrected chi connectivity index (χ3v) is 6.40. The monoisotopic (exact) mass is 428 g/mol. The van der Waals surface area contributed by atoms with Gasteiger partial charge in [0.05, 0.1) is 5.92 Å². The van der Waals surface area contributed by atoms with Crippen LogP contribution in [0.4, 0.5) is 5.69 Å². The Hall–Kier alpha value is -3.27. The molecule has 2 atom stereocenters. The van der Waals surface area contributed by atoms with Gasteiger partial charge in [-0.05, 0) is 60.1 Å². The number of carbonyl (C=O) groups excluding carboxylic acids is 1. The topological polar surface area (TPSA) is 55.6 Å². The Bertz CT molecular complexity index is 1010. The number of piperidine rings is 1. The van der Waals surface area contributed by atoms with Crippen molar-refractivity contribution >= 4 is 11.6 Å². The van der Waals surface area contributed by atoms with Crippen LogP contribution in [0.2, 0.25) is 0 Å². The van der Waals surface area contributed by atoms with Gasteiger partial charge < -0.3 is 15.4 Å². The first-order chi connectivity index (χ1) is 15.6. The van der Waals surface area contributed by atoms with E-state index in [1.807, 2.05) is 54.6 Å². The smallest absolute Gasteiger partial charge is 0.225 e. The third kappa shape index (κ3) is 5.13. The second kappa shape index (κ2) is 10.4. The molecule has 0 spiro atoms. The molecule has 1 aliphatic heterocycles. The zero-order chi connectivity index (χ0) is 22.3. The maximum atomic E-state index is 12.6. The highest BCUT2D eigenvalue weighted by atomic mass is 16.5. The van der Waals surface area contributed by atoms with Crippen molar-refractivity contribution in [2.75, 3.05) is 18.0 Å². The van der Waals surface area contributed by atoms with Crippen molar-refractivity contribution in [3.63, 3.8) is 0 Å². The first-order valence-corrected chi connectivity index (χ1v) is 11.5. The van der Waals surface area contributed by atoms with Gasteiger partial charge in [0.2, 0.25) is 5.91 Å². The van der Waals surface area contributed by atoms with E-state index in [-0.39, 0.29) is 11.8 Å². The van der Waals surface area contributed by atoms with Gasteiger partial charge in [0, 0.05) is 18.8 Å². The number of benzene rings is 3. The summed E-state index contributed by atoms with van der Waals surface area (Å²) in [6.45, 7) is 4.69. The highest BCUT2D eigenvalue weighted by Gasteiger charge is 2.29. The minimum absolute atomic E-state index is 0.0768. The maximum absolute atomic E-state index is 12.6. The highest BCUT2D eigenvalue weighted by Crippen LogP contribution is 2.40. The average Bonchev–Trinajstić information content (AvgIpc) is 2.84. The summed E-state index contributed by atoms with van der Waals surface area (Å²) in [4.78, 5) is 15.0. The van der Waals surface area contributed by atoms with Crippen LogP contribution in [0.5, 0.6) is 5.75 Å². The second-order valence-corrected chi connectivity index (χ2v) is 8.62. The van der Waals surface area contributed by atoms with Crippen molar-refractivity contribution in [3.8, 4) is 5.75 Å². The van der Waals surface area contributed by atoms with Crippen LogP contribution in [-0.2, 0) is 11.4 Å². The molecular formula is C28H32N2O2. The summed E-state index contributed by atoms with van der Waals surface area (Å²) in [6.07, 6.45) is 3.66. The van der Waals surface area contributed by atoms with Crippen LogP contribution in [0.1, 0.15) is 54.7 Å². The summed E-state index contributed by atoms with van der Waals surface area (Å²) >= 11 is 0. The zero-order valence-electron chi connectivity index (χ0n) is 18.7. The fourth-order valence-corrected chi connectivity index (χ4v) is 4.69. The standard InChI is InChI=1S/C28H32N2O2/c1-21(27(28(29)31)23-13-7-3-8-14-23)25-19-24(32-20-22-11-5-2-6-12-22)15-16-26(25)30-17-9-4-10-18-30/h2-3,5-8,11-16,19,21,27H,4,9-10,17-18,20H2,1H3,(H2,29,31). The molecule has 1 aliphatic rings. The molecule has 1 fully saturated rings. The average molecular weight is 429 g/mol. The van der Waals surface area contributed by atoms with E-state index in [9.17, 15) is 4.79 Å². The van der Waals surface area contributed by atoms with E-state index >= 15 is 0 Å². The normalized spacial score (nSPS) is 15.7. The summed E-state index contributed by atoms with van der Waals surface area (Å²) in [6, 6.07) is 26.3. The molecule has 0 aliphatic carbocycles. The van der Waals surface area contributed by atoms with E-state index in [1.54, 1.807) is 0 Å². The molecule has 4 rings (SSSR count). The van der Waals surface area contributed by atoms with Gasteiger partial charge in [0.1, 0.15) is 12.4 Å². The fourth-order valence-electron chi connectivity index (χ4n) is 4.69. The fraction of sp³-hybridized carbons (Fsp3) is 0.321. The molecule has 4 nitrogen and oxygen atoms in total. The molecule has 32 heavy (non-hydrogen) atoms. The molecule has 166 valence electrons. The van der Waals surface area contributed by atoms with E-state index < -0.39 is 5.92 Å². The quantitative estimate of drug-likeness (QED) is 0.506. The lowest BCUT2D eigenvalue weighted by Crippen LogP contribution is -2.32. The highest BCUT2D eigenvalue weighted by molar-refractivity contribution is 5.83. The van der Waals surface area contributed by atoms with E-state index in [2.05, 4.69) is 36.1 Å². The number of hydrogen-bond donors (Lipinski definition) is 1. The van der Waals surface area contributed by atoms with Crippen LogP contribution < -0.4 is 15.4 Å². The third-order valence-electron chi connectivity index (χ3n) is 6.40. The Morgan fingerprint density at radius 3 is 2.25 bits per heavy atom. The van der Waals surface area contributed by atoms with E-state index in [4.69, 9.17) is 10.5 Å². The van der Waals surface area contributed by atoms with Gasteiger partial charge in [-0.25, -0.2) is 0 Å². The SMILES string of the molecule is CC(c1cc(OCc2ccccc2)ccc1N1CCCCC1)C(C(N)=O)c1ccccc1. The second-order valence-electron chi connectivity index (χ2n) is 8.62. The number of amides is 1. The predicted molar refractivity (Wildman–Crippen MR) is 130 cm³/mol. The first kappa shape index (κ1) is 21.9. The van der Waals surface area contributed by atoms with Crippen molar-refractivity contribution in [1.29, 1.82) is 0 Å². The predicted octanol–water partition coefficient (Wildman–Crippen LogP) is 5.63. The first-order valence-electron chi connectivity index (χ1n) is 11.5. The van der Waals surface area contributed by atoms with Gasteiger partial charge >= 0.3 is 0 Å². The number of carbonyl (C=O) groups is 1. The Labute approximate surface area is 191 Å². The minimum atomic E-state index is -0.399. The molecule has 0 saturated carbocycles. The lowest BCUT2D eigenvalue weighted by molar-refractivity contribution is -0.119. The molecule has 3 aromatic rings. The zero-order valence-corrected chi connectivity index (χ0v) is 18.7. The number of nitrogens with two attached hydrogens (primary N) is 1. The molecular weight excluding hydrogens is 396 g/mol. The van der Waals surface area contributed by atoms with Gasteiger partial charge in [-0.3, -0.25) is 4.79 Å². The molecule has 0 radical (unpaired) electrons. The van der Waals surface area contributed by atoms with Crippen LogP contribution in [0.3, 0.4) is 0 Å². The molecule has 0 bridgehead atoms. The number of hydrogen-bond acceptors (Lipinski definition) is 3. The number of rotatable bonds is 8. The van der Waals surface area contributed by atoms with E-state index in [0.29, 0.717) is 6.61 Å². The minimum Gasteiger partial charge on any atom is -0.489 e. The number of ether oxygens (including phenoxy) is 1. The number of nitrogens with zero attached hydrogens (tertiary/aromatic N) is 1. The van der Waals surface area contributed by atoms with Crippen molar-refractivity contribution in [2.45, 2.75) is 44.6 Å². The molecule has 3 aromatic carbocycles. The lowest BCUT2D eigenvalue weighted by atomic mass is 9.81. The summed E-state index contributed by atoms with van der Waals surface area (Å²) in [5.74, 6) is 0.0351. The molecule has 0 aromatic heterocycles.